The summed E-state index contributed by atoms with van der Waals surface area (Å²) in [5.41, 5.74) is 6.05. The summed E-state index contributed by atoms with van der Waals surface area (Å²) in [6.07, 6.45) is 2.77. The molecule has 0 amide bonds. The molecule has 0 bridgehead atoms. The summed E-state index contributed by atoms with van der Waals surface area (Å²) in [6.45, 7) is 1.02. The molecular formula is C6H11N3O2. The average molecular weight is 157 g/mol. The number of ether oxygens (including phenoxy) is 2. The Kier molecular flexibility index (Phi) is 2.88. The Morgan fingerprint density at radius 3 is 3.00 bits per heavy atom. The smallest absolute Gasteiger partial charge is 0.131 e. The van der Waals surface area contributed by atoms with Crippen LogP contribution in [-0.4, -0.2) is 31.3 Å². The SMILES string of the molecule is N=CN(COCN)C1=COC1. The molecule has 0 saturated heterocycles. The van der Waals surface area contributed by atoms with Crippen LogP contribution in [0.4, 0.5) is 0 Å². The van der Waals surface area contributed by atoms with Crippen molar-refractivity contribution in [1.82, 2.24) is 4.90 Å². The fraction of sp³-hybridized carbons (Fsp3) is 0.500. The molecule has 0 spiro atoms. The molecule has 1 aliphatic rings. The quantitative estimate of drug-likeness (QED) is 0.325. The summed E-state index contributed by atoms with van der Waals surface area (Å²) in [4.78, 5) is 1.62. The van der Waals surface area contributed by atoms with Gasteiger partial charge in [0, 0.05) is 0 Å². The average Bonchev–Trinajstić information content (AvgIpc) is 1.93. The number of hydrogen-bond donors (Lipinski definition) is 2. The Balaban J connectivity index is 2.30. The largest absolute Gasteiger partial charge is 0.493 e. The summed E-state index contributed by atoms with van der Waals surface area (Å²) in [5.74, 6) is 0. The van der Waals surface area contributed by atoms with E-state index in [9.17, 15) is 0 Å². The summed E-state index contributed by atoms with van der Waals surface area (Å²) < 4.78 is 9.70. The standard InChI is InChI=1S/C6H11N3O2/c7-3-9(5-11-4-8)6-1-10-2-6/h1,3,7H,2,4-5,8H2. The number of rotatable bonds is 5. The number of nitrogens with one attached hydrogen (secondary N) is 1. The van der Waals surface area contributed by atoms with Gasteiger partial charge in [-0.25, -0.2) is 0 Å². The minimum absolute atomic E-state index is 0.165. The van der Waals surface area contributed by atoms with Crippen LogP contribution in [0.1, 0.15) is 0 Å². The van der Waals surface area contributed by atoms with E-state index in [2.05, 4.69) is 0 Å². The van der Waals surface area contributed by atoms with E-state index in [4.69, 9.17) is 20.6 Å². The summed E-state index contributed by atoms with van der Waals surface area (Å²) in [7, 11) is 0. The maximum absolute atomic E-state index is 6.99. The Morgan fingerprint density at radius 2 is 2.64 bits per heavy atom. The molecule has 1 heterocycles. The van der Waals surface area contributed by atoms with Gasteiger partial charge in [0.1, 0.15) is 19.6 Å². The summed E-state index contributed by atoms with van der Waals surface area (Å²) >= 11 is 0. The van der Waals surface area contributed by atoms with Gasteiger partial charge in [-0.3, -0.25) is 5.41 Å². The molecule has 0 radical (unpaired) electrons. The molecule has 5 heteroatoms. The van der Waals surface area contributed by atoms with Crippen LogP contribution in [0.3, 0.4) is 0 Å². The van der Waals surface area contributed by atoms with Gasteiger partial charge in [0.25, 0.3) is 0 Å². The van der Waals surface area contributed by atoms with Crippen LogP contribution in [0.5, 0.6) is 0 Å². The van der Waals surface area contributed by atoms with Gasteiger partial charge in [-0.2, -0.15) is 0 Å². The van der Waals surface area contributed by atoms with Crippen molar-refractivity contribution < 1.29 is 9.47 Å². The van der Waals surface area contributed by atoms with Crippen LogP contribution in [0.2, 0.25) is 0 Å². The molecule has 0 aromatic heterocycles. The highest BCUT2D eigenvalue weighted by atomic mass is 16.5. The molecule has 0 saturated carbocycles. The van der Waals surface area contributed by atoms with Gasteiger partial charge < -0.3 is 20.1 Å². The fourth-order valence-electron chi connectivity index (χ4n) is 0.663. The molecule has 0 atom stereocenters. The minimum Gasteiger partial charge on any atom is -0.493 e. The first-order valence-corrected chi connectivity index (χ1v) is 3.24. The third-order valence-corrected chi connectivity index (χ3v) is 1.32. The van der Waals surface area contributed by atoms with Gasteiger partial charge in [0.05, 0.1) is 18.8 Å². The van der Waals surface area contributed by atoms with Crippen LogP contribution < -0.4 is 5.73 Å². The van der Waals surface area contributed by atoms with Crippen molar-refractivity contribution in [2.24, 2.45) is 5.73 Å². The van der Waals surface area contributed by atoms with Gasteiger partial charge in [-0.15, -0.1) is 0 Å². The Hall–Kier alpha value is -1.07. The van der Waals surface area contributed by atoms with Crippen molar-refractivity contribution >= 4 is 6.34 Å². The summed E-state index contributed by atoms with van der Waals surface area (Å²) in [5, 5.41) is 6.99. The fourth-order valence-corrected chi connectivity index (χ4v) is 0.663. The van der Waals surface area contributed by atoms with Gasteiger partial charge in [-0.05, 0) is 0 Å². The first kappa shape index (κ1) is 8.03. The highest BCUT2D eigenvalue weighted by Gasteiger charge is 2.13. The molecule has 5 nitrogen and oxygen atoms in total. The first-order valence-electron chi connectivity index (χ1n) is 3.24. The zero-order valence-corrected chi connectivity index (χ0v) is 6.12. The highest BCUT2D eigenvalue weighted by Crippen LogP contribution is 2.11. The van der Waals surface area contributed by atoms with E-state index in [0.29, 0.717) is 13.3 Å². The maximum atomic E-state index is 6.99. The van der Waals surface area contributed by atoms with Gasteiger partial charge >= 0.3 is 0 Å². The van der Waals surface area contributed by atoms with Crippen molar-refractivity contribution in [3.63, 3.8) is 0 Å². The van der Waals surface area contributed by atoms with Crippen molar-refractivity contribution in [2.45, 2.75) is 0 Å². The van der Waals surface area contributed by atoms with Gasteiger partial charge in [-0.1, -0.05) is 0 Å². The van der Waals surface area contributed by atoms with Crippen LogP contribution in [0.25, 0.3) is 0 Å². The third-order valence-electron chi connectivity index (χ3n) is 1.32. The van der Waals surface area contributed by atoms with E-state index < -0.39 is 0 Å². The van der Waals surface area contributed by atoms with E-state index in [-0.39, 0.29) is 6.73 Å². The number of nitrogens with zero attached hydrogens (tertiary/aromatic N) is 1. The lowest BCUT2D eigenvalue weighted by atomic mass is 10.4. The van der Waals surface area contributed by atoms with Crippen LogP contribution in [-0.2, 0) is 9.47 Å². The first-order chi connectivity index (χ1) is 5.38. The molecule has 62 valence electrons. The van der Waals surface area contributed by atoms with Crippen molar-refractivity contribution in [2.75, 3.05) is 20.1 Å². The normalized spacial score (nSPS) is 14.5. The Labute approximate surface area is 64.9 Å². The van der Waals surface area contributed by atoms with E-state index in [1.807, 2.05) is 0 Å². The van der Waals surface area contributed by atoms with E-state index in [1.165, 1.54) is 6.34 Å². The molecule has 1 rings (SSSR count). The molecular weight excluding hydrogens is 146 g/mol. The van der Waals surface area contributed by atoms with Crippen molar-refractivity contribution in [3.8, 4) is 0 Å². The molecule has 0 aromatic rings. The number of hydrogen-bond acceptors (Lipinski definition) is 4. The van der Waals surface area contributed by atoms with Crippen LogP contribution in [0.15, 0.2) is 12.0 Å². The highest BCUT2D eigenvalue weighted by molar-refractivity contribution is 5.54. The van der Waals surface area contributed by atoms with E-state index in [0.717, 1.165) is 5.70 Å². The Morgan fingerprint density at radius 1 is 1.91 bits per heavy atom. The monoisotopic (exact) mass is 157 g/mol. The topological polar surface area (TPSA) is 71.6 Å². The van der Waals surface area contributed by atoms with Crippen molar-refractivity contribution in [3.05, 3.63) is 12.0 Å². The second kappa shape index (κ2) is 3.95. The van der Waals surface area contributed by atoms with Crippen LogP contribution >= 0.6 is 0 Å². The minimum atomic E-state index is 0.165. The predicted octanol–water partition coefficient (Wildman–Crippen LogP) is -0.343. The molecule has 0 aromatic carbocycles. The molecule has 0 fully saturated rings. The van der Waals surface area contributed by atoms with E-state index >= 15 is 0 Å². The number of nitrogens with two attached hydrogens (primary N) is 1. The predicted molar refractivity (Wildman–Crippen MR) is 39.7 cm³/mol. The van der Waals surface area contributed by atoms with E-state index in [1.54, 1.807) is 11.2 Å². The lowest BCUT2D eigenvalue weighted by Gasteiger charge is -2.25. The molecule has 1 aliphatic heterocycles. The van der Waals surface area contributed by atoms with Gasteiger partial charge in [0.15, 0.2) is 0 Å². The second-order valence-corrected chi connectivity index (χ2v) is 2.02. The second-order valence-electron chi connectivity index (χ2n) is 2.02. The third kappa shape index (κ3) is 1.92. The Bertz CT molecular complexity index is 169. The zero-order valence-electron chi connectivity index (χ0n) is 6.12. The van der Waals surface area contributed by atoms with Crippen LogP contribution in [0, 0.1) is 5.41 Å². The maximum Gasteiger partial charge on any atom is 0.131 e. The molecule has 11 heavy (non-hydrogen) atoms. The molecule has 0 aliphatic carbocycles. The molecule has 3 N–H and O–H groups in total. The lowest BCUT2D eigenvalue weighted by Crippen LogP contribution is -2.31. The summed E-state index contributed by atoms with van der Waals surface area (Å²) in [6, 6.07) is 0. The van der Waals surface area contributed by atoms with Gasteiger partial charge in [0.2, 0.25) is 0 Å². The zero-order chi connectivity index (χ0) is 8.10. The molecule has 0 unspecified atom stereocenters. The lowest BCUT2D eigenvalue weighted by molar-refractivity contribution is 0.0652. The van der Waals surface area contributed by atoms with Crippen molar-refractivity contribution in [1.29, 1.82) is 5.41 Å².